The molecule has 3 N–H and O–H groups in total. The summed E-state index contributed by atoms with van der Waals surface area (Å²) in [6, 6.07) is 0. The van der Waals surface area contributed by atoms with Crippen LogP contribution in [0.3, 0.4) is 0 Å². The molecule has 1 aliphatic rings. The van der Waals surface area contributed by atoms with Gasteiger partial charge in [-0.15, -0.1) is 0 Å². The van der Waals surface area contributed by atoms with Gasteiger partial charge >= 0.3 is 5.97 Å². The number of aliphatic carboxylic acids is 1. The van der Waals surface area contributed by atoms with E-state index in [-0.39, 0.29) is 26.1 Å². The van der Waals surface area contributed by atoms with Crippen molar-refractivity contribution in [3.63, 3.8) is 0 Å². The topological polar surface area (TPSA) is 116 Å². The highest BCUT2D eigenvalue weighted by molar-refractivity contribution is 7.87. The maximum Gasteiger partial charge on any atom is 0.307 e. The molecule has 2 unspecified atom stereocenters. The molecule has 0 aromatic carbocycles. The Kier molecular flexibility index (Phi) is 6.83. The number of carbonyl (C=O) groups is 1. The van der Waals surface area contributed by atoms with Crippen LogP contribution in [0.25, 0.3) is 0 Å². The summed E-state index contributed by atoms with van der Waals surface area (Å²) < 4.78 is 32.3. The number of aliphatic hydroxyl groups excluding tert-OH is 1. The van der Waals surface area contributed by atoms with Crippen molar-refractivity contribution >= 4 is 16.2 Å². The second-order valence-electron chi connectivity index (χ2n) is 4.83. The van der Waals surface area contributed by atoms with Gasteiger partial charge in [0.2, 0.25) is 0 Å². The molecule has 1 heterocycles. The number of methoxy groups -OCH3 is 1. The fourth-order valence-electron chi connectivity index (χ4n) is 2.08. The molecule has 118 valence electrons. The Morgan fingerprint density at radius 1 is 1.55 bits per heavy atom. The van der Waals surface area contributed by atoms with Crippen LogP contribution in [-0.2, 0) is 19.7 Å². The summed E-state index contributed by atoms with van der Waals surface area (Å²) in [7, 11) is -2.24. The standard InChI is InChI=1S/C11H22N2O6S/c1-19-8-10(14)4-5-12-20(17,18)13-6-2-3-9(7-13)11(15)16/h9-10,12,14H,2-8H2,1H3,(H,15,16). The third kappa shape index (κ3) is 5.33. The number of nitrogens with zero attached hydrogens (tertiary/aromatic N) is 1. The molecule has 0 bridgehead atoms. The van der Waals surface area contributed by atoms with Gasteiger partial charge in [-0.05, 0) is 19.3 Å². The minimum Gasteiger partial charge on any atom is -0.481 e. The highest BCUT2D eigenvalue weighted by Gasteiger charge is 2.31. The summed E-state index contributed by atoms with van der Waals surface area (Å²) in [6.45, 7) is 0.540. The quantitative estimate of drug-likeness (QED) is 0.530. The van der Waals surface area contributed by atoms with E-state index in [0.717, 1.165) is 4.31 Å². The predicted molar refractivity (Wildman–Crippen MR) is 71.4 cm³/mol. The molecule has 0 aromatic heterocycles. The largest absolute Gasteiger partial charge is 0.481 e. The van der Waals surface area contributed by atoms with Gasteiger partial charge in [0.05, 0.1) is 18.6 Å². The van der Waals surface area contributed by atoms with E-state index in [4.69, 9.17) is 9.84 Å². The molecule has 1 saturated heterocycles. The van der Waals surface area contributed by atoms with E-state index in [1.807, 2.05) is 0 Å². The minimum absolute atomic E-state index is 0.00864. The smallest absolute Gasteiger partial charge is 0.307 e. The van der Waals surface area contributed by atoms with Crippen molar-refractivity contribution < 1.29 is 28.2 Å². The van der Waals surface area contributed by atoms with Gasteiger partial charge in [-0.1, -0.05) is 0 Å². The second kappa shape index (κ2) is 7.89. The minimum atomic E-state index is -3.69. The van der Waals surface area contributed by atoms with Gasteiger partial charge < -0.3 is 14.9 Å². The Labute approximate surface area is 118 Å². The number of hydrogen-bond donors (Lipinski definition) is 3. The zero-order chi connectivity index (χ0) is 15.2. The van der Waals surface area contributed by atoms with Crippen LogP contribution < -0.4 is 4.72 Å². The van der Waals surface area contributed by atoms with Crippen molar-refractivity contribution in [1.82, 2.24) is 9.03 Å². The summed E-state index contributed by atoms with van der Waals surface area (Å²) in [4.78, 5) is 10.9. The molecule has 8 nitrogen and oxygen atoms in total. The normalized spacial score (nSPS) is 22.6. The van der Waals surface area contributed by atoms with Crippen LogP contribution in [0.5, 0.6) is 0 Å². The van der Waals surface area contributed by atoms with E-state index in [1.165, 1.54) is 7.11 Å². The van der Waals surface area contributed by atoms with Crippen molar-refractivity contribution in [2.45, 2.75) is 25.4 Å². The van der Waals surface area contributed by atoms with Gasteiger partial charge in [0.25, 0.3) is 10.2 Å². The van der Waals surface area contributed by atoms with E-state index in [9.17, 15) is 18.3 Å². The van der Waals surface area contributed by atoms with Crippen LogP contribution in [0.2, 0.25) is 0 Å². The third-order valence-corrected chi connectivity index (χ3v) is 4.77. The molecule has 1 rings (SSSR count). The van der Waals surface area contributed by atoms with Gasteiger partial charge in [0.1, 0.15) is 0 Å². The molecule has 2 atom stereocenters. The predicted octanol–water partition coefficient (Wildman–Crippen LogP) is -0.985. The lowest BCUT2D eigenvalue weighted by Gasteiger charge is -2.29. The SMILES string of the molecule is COCC(O)CCNS(=O)(=O)N1CCCC(C(=O)O)C1. The van der Waals surface area contributed by atoms with Crippen LogP contribution in [0.4, 0.5) is 0 Å². The van der Waals surface area contributed by atoms with Crippen LogP contribution in [0.15, 0.2) is 0 Å². The van der Waals surface area contributed by atoms with Gasteiger partial charge in [-0.3, -0.25) is 4.79 Å². The number of piperidine rings is 1. The average molecular weight is 310 g/mol. The van der Waals surface area contributed by atoms with Crippen molar-refractivity contribution in [1.29, 1.82) is 0 Å². The van der Waals surface area contributed by atoms with E-state index in [1.54, 1.807) is 0 Å². The lowest BCUT2D eigenvalue weighted by molar-refractivity contribution is -0.142. The molecule has 0 spiro atoms. The van der Waals surface area contributed by atoms with Crippen molar-refractivity contribution in [3.05, 3.63) is 0 Å². The summed E-state index contributed by atoms with van der Waals surface area (Å²) in [5, 5.41) is 18.4. The van der Waals surface area contributed by atoms with E-state index < -0.39 is 28.2 Å². The zero-order valence-electron chi connectivity index (χ0n) is 11.5. The molecular weight excluding hydrogens is 288 g/mol. The Morgan fingerprint density at radius 3 is 2.85 bits per heavy atom. The Balaban J connectivity index is 2.45. The number of nitrogens with one attached hydrogen (secondary N) is 1. The Bertz CT molecular complexity index is 413. The molecule has 0 aliphatic carbocycles. The molecule has 20 heavy (non-hydrogen) atoms. The lowest BCUT2D eigenvalue weighted by atomic mass is 10.0. The number of aliphatic hydroxyl groups is 1. The van der Waals surface area contributed by atoms with E-state index in [2.05, 4.69) is 4.72 Å². The number of hydrogen-bond acceptors (Lipinski definition) is 5. The first-order valence-corrected chi connectivity index (χ1v) is 7.95. The van der Waals surface area contributed by atoms with Crippen LogP contribution in [-0.4, -0.2) is 68.4 Å². The highest BCUT2D eigenvalue weighted by Crippen LogP contribution is 2.18. The fourth-order valence-corrected chi connectivity index (χ4v) is 3.39. The molecular formula is C11H22N2O6S. The molecule has 1 fully saturated rings. The summed E-state index contributed by atoms with van der Waals surface area (Å²) in [5.74, 6) is -1.63. The summed E-state index contributed by atoms with van der Waals surface area (Å²) in [6.07, 6.45) is 0.539. The molecule has 0 saturated carbocycles. The maximum atomic E-state index is 12.0. The average Bonchev–Trinajstić information content (AvgIpc) is 2.39. The molecule has 0 aromatic rings. The van der Waals surface area contributed by atoms with Crippen LogP contribution in [0, 0.1) is 5.92 Å². The van der Waals surface area contributed by atoms with Crippen molar-refractivity contribution in [2.24, 2.45) is 5.92 Å². The number of carboxylic acid groups (broad SMARTS) is 1. The monoisotopic (exact) mass is 310 g/mol. The highest BCUT2D eigenvalue weighted by atomic mass is 32.2. The first-order chi connectivity index (χ1) is 9.36. The molecule has 0 radical (unpaired) electrons. The summed E-state index contributed by atoms with van der Waals surface area (Å²) in [5.41, 5.74) is 0. The number of carboxylic acids is 1. The maximum absolute atomic E-state index is 12.0. The van der Waals surface area contributed by atoms with E-state index in [0.29, 0.717) is 19.4 Å². The van der Waals surface area contributed by atoms with Crippen molar-refractivity contribution in [3.8, 4) is 0 Å². The van der Waals surface area contributed by atoms with Gasteiger partial charge in [-0.2, -0.15) is 12.7 Å². The lowest BCUT2D eigenvalue weighted by Crippen LogP contribution is -2.47. The third-order valence-electron chi connectivity index (χ3n) is 3.19. The van der Waals surface area contributed by atoms with Gasteiger partial charge in [0.15, 0.2) is 0 Å². The fraction of sp³-hybridized carbons (Fsp3) is 0.909. The van der Waals surface area contributed by atoms with E-state index >= 15 is 0 Å². The summed E-state index contributed by atoms with van der Waals surface area (Å²) >= 11 is 0. The van der Waals surface area contributed by atoms with Gasteiger partial charge in [-0.25, -0.2) is 4.72 Å². The zero-order valence-corrected chi connectivity index (χ0v) is 12.3. The Morgan fingerprint density at radius 2 is 2.25 bits per heavy atom. The second-order valence-corrected chi connectivity index (χ2v) is 6.59. The number of ether oxygens (including phenoxy) is 1. The van der Waals surface area contributed by atoms with Gasteiger partial charge in [0, 0.05) is 26.7 Å². The first-order valence-electron chi connectivity index (χ1n) is 6.51. The van der Waals surface area contributed by atoms with Crippen molar-refractivity contribution in [2.75, 3.05) is 33.4 Å². The first kappa shape index (κ1) is 17.3. The Hall–Kier alpha value is -0.740. The number of rotatable bonds is 8. The molecule has 1 aliphatic heterocycles. The molecule has 0 amide bonds. The van der Waals surface area contributed by atoms with Crippen LogP contribution in [0.1, 0.15) is 19.3 Å². The van der Waals surface area contributed by atoms with Crippen LogP contribution >= 0.6 is 0 Å². The molecule has 9 heteroatoms.